The van der Waals surface area contributed by atoms with Crippen molar-refractivity contribution in [3.8, 4) is 0 Å². The molecule has 0 spiro atoms. The molecular formula is C54H93NO8P+. The number of quaternary nitrogens is 1. The van der Waals surface area contributed by atoms with Gasteiger partial charge in [-0.05, 0) is 96.3 Å². The molecule has 0 rings (SSSR count). The molecule has 0 aliphatic rings. The van der Waals surface area contributed by atoms with E-state index in [2.05, 4.69) is 111 Å². The van der Waals surface area contributed by atoms with E-state index >= 15 is 0 Å². The highest BCUT2D eigenvalue weighted by Gasteiger charge is 2.27. The minimum atomic E-state index is -4.40. The van der Waals surface area contributed by atoms with Crippen LogP contribution >= 0.6 is 7.82 Å². The predicted octanol–water partition coefficient (Wildman–Crippen LogP) is 14.9. The van der Waals surface area contributed by atoms with Crippen LogP contribution in [-0.4, -0.2) is 74.9 Å². The van der Waals surface area contributed by atoms with E-state index in [0.29, 0.717) is 17.4 Å². The van der Waals surface area contributed by atoms with E-state index < -0.39 is 26.5 Å². The lowest BCUT2D eigenvalue weighted by Crippen LogP contribution is -2.37. The van der Waals surface area contributed by atoms with Gasteiger partial charge in [-0.1, -0.05) is 169 Å². The monoisotopic (exact) mass is 915 g/mol. The van der Waals surface area contributed by atoms with Crippen molar-refractivity contribution in [3.05, 3.63) is 97.2 Å². The Morgan fingerprint density at radius 3 is 1.33 bits per heavy atom. The van der Waals surface area contributed by atoms with Crippen molar-refractivity contribution in [2.45, 2.75) is 187 Å². The van der Waals surface area contributed by atoms with E-state index in [0.717, 1.165) is 103 Å². The summed E-state index contributed by atoms with van der Waals surface area (Å²) in [5, 5.41) is 0. The lowest BCUT2D eigenvalue weighted by Gasteiger charge is -2.24. The van der Waals surface area contributed by atoms with Gasteiger partial charge in [0.1, 0.15) is 19.8 Å². The molecule has 1 N–H and O–H groups in total. The number of phosphoric ester groups is 1. The first-order valence-corrected chi connectivity index (χ1v) is 26.5. The number of ether oxygens (including phenoxy) is 2. The average molecular weight is 915 g/mol. The normalized spacial score (nSPS) is 14.3. The van der Waals surface area contributed by atoms with E-state index in [1.165, 1.54) is 44.9 Å². The van der Waals surface area contributed by atoms with Crippen molar-refractivity contribution in [2.24, 2.45) is 0 Å². The summed E-state index contributed by atoms with van der Waals surface area (Å²) < 4.78 is 34.4. The van der Waals surface area contributed by atoms with Crippen molar-refractivity contribution in [3.63, 3.8) is 0 Å². The van der Waals surface area contributed by atoms with Gasteiger partial charge in [-0.25, -0.2) is 4.57 Å². The molecular weight excluding hydrogens is 822 g/mol. The van der Waals surface area contributed by atoms with Gasteiger partial charge in [0.25, 0.3) is 0 Å². The molecule has 0 aliphatic carbocycles. The molecule has 0 amide bonds. The average Bonchev–Trinajstić information content (AvgIpc) is 3.25. The number of unbranched alkanes of at least 4 members (excludes halogenated alkanes) is 14. The van der Waals surface area contributed by atoms with Gasteiger partial charge in [-0.3, -0.25) is 18.6 Å². The quantitative estimate of drug-likeness (QED) is 0.0212. The summed E-state index contributed by atoms with van der Waals surface area (Å²) >= 11 is 0. The number of carbonyl (C=O) groups excluding carboxylic acids is 2. The van der Waals surface area contributed by atoms with Gasteiger partial charge >= 0.3 is 19.8 Å². The van der Waals surface area contributed by atoms with E-state index in [4.69, 9.17) is 18.5 Å². The van der Waals surface area contributed by atoms with E-state index in [1.54, 1.807) is 0 Å². The molecule has 10 heteroatoms. The summed E-state index contributed by atoms with van der Waals surface area (Å²) in [6, 6.07) is 0. The standard InChI is InChI=1S/C54H92NO8P/c1-6-8-10-12-14-16-18-20-22-24-25-26-27-28-29-31-33-35-37-39-41-43-45-47-54(57)63-52(51-62-64(58,59)61-49-48-55(3,4)5)50-60-53(56)46-44-42-40-38-36-34-32-30-23-21-19-17-15-13-11-9-7-2/h8,10,14-17,20-23,25-26,28-29,33,35,52H,6-7,9,11-13,18-19,24,27,30-32,34,36-51H2,1-5H3/p+1/b10-8-,16-14-,17-15-,22-20-,23-21-,26-25-,29-28-,35-33-. The topological polar surface area (TPSA) is 108 Å². The van der Waals surface area contributed by atoms with Crippen LogP contribution in [0.5, 0.6) is 0 Å². The minimum Gasteiger partial charge on any atom is -0.462 e. The van der Waals surface area contributed by atoms with Crippen LogP contribution in [0.2, 0.25) is 0 Å². The molecule has 0 radical (unpaired) electrons. The highest BCUT2D eigenvalue weighted by molar-refractivity contribution is 7.47. The summed E-state index contributed by atoms with van der Waals surface area (Å²) in [6.07, 6.45) is 60.2. The molecule has 64 heavy (non-hydrogen) atoms. The number of rotatable bonds is 44. The highest BCUT2D eigenvalue weighted by Crippen LogP contribution is 2.43. The number of hydrogen-bond donors (Lipinski definition) is 1. The molecule has 0 aromatic rings. The maximum atomic E-state index is 12.8. The lowest BCUT2D eigenvalue weighted by molar-refractivity contribution is -0.870. The zero-order chi connectivity index (χ0) is 47.1. The van der Waals surface area contributed by atoms with Crippen LogP contribution in [0.25, 0.3) is 0 Å². The molecule has 0 bridgehead atoms. The van der Waals surface area contributed by atoms with Crippen LogP contribution in [0.15, 0.2) is 97.2 Å². The second-order valence-electron chi connectivity index (χ2n) is 17.5. The number of likely N-dealkylation sites (N-methyl/N-ethyl adjacent to an activating group) is 1. The number of allylic oxidation sites excluding steroid dienone is 16. The number of hydrogen-bond acceptors (Lipinski definition) is 7. The van der Waals surface area contributed by atoms with Gasteiger partial charge in [-0.15, -0.1) is 0 Å². The second kappa shape index (κ2) is 45.1. The fraction of sp³-hybridized carbons (Fsp3) is 0.667. The fourth-order valence-corrected chi connectivity index (χ4v) is 6.96. The summed E-state index contributed by atoms with van der Waals surface area (Å²) in [4.78, 5) is 35.5. The van der Waals surface area contributed by atoms with Gasteiger partial charge in [0.15, 0.2) is 6.10 Å². The molecule has 0 saturated carbocycles. The molecule has 366 valence electrons. The van der Waals surface area contributed by atoms with Crippen molar-refractivity contribution in [1.82, 2.24) is 0 Å². The van der Waals surface area contributed by atoms with Gasteiger partial charge in [0, 0.05) is 12.8 Å². The highest BCUT2D eigenvalue weighted by atomic mass is 31.2. The van der Waals surface area contributed by atoms with Crippen LogP contribution in [0, 0.1) is 0 Å². The van der Waals surface area contributed by atoms with Crippen LogP contribution in [0.1, 0.15) is 181 Å². The maximum Gasteiger partial charge on any atom is 0.472 e. The summed E-state index contributed by atoms with van der Waals surface area (Å²) in [5.41, 5.74) is 0. The summed E-state index contributed by atoms with van der Waals surface area (Å²) in [6.45, 7) is 4.23. The first kappa shape index (κ1) is 60.9. The van der Waals surface area contributed by atoms with E-state index in [-0.39, 0.29) is 32.0 Å². The largest absolute Gasteiger partial charge is 0.472 e. The zero-order valence-corrected chi connectivity index (χ0v) is 42.1. The first-order valence-electron chi connectivity index (χ1n) is 25.0. The van der Waals surface area contributed by atoms with E-state index in [9.17, 15) is 19.0 Å². The van der Waals surface area contributed by atoms with Gasteiger partial charge < -0.3 is 18.9 Å². The first-order chi connectivity index (χ1) is 31.0. The third kappa shape index (κ3) is 48.4. The lowest BCUT2D eigenvalue weighted by atomic mass is 10.1. The smallest absolute Gasteiger partial charge is 0.462 e. The zero-order valence-electron chi connectivity index (χ0n) is 41.2. The predicted molar refractivity (Wildman–Crippen MR) is 270 cm³/mol. The number of carbonyl (C=O) groups is 2. The summed E-state index contributed by atoms with van der Waals surface area (Å²) in [5.74, 6) is -0.844. The third-order valence-electron chi connectivity index (χ3n) is 10.1. The maximum absolute atomic E-state index is 12.8. The van der Waals surface area contributed by atoms with Gasteiger partial charge in [-0.2, -0.15) is 0 Å². The summed E-state index contributed by atoms with van der Waals surface area (Å²) in [7, 11) is 1.44. The van der Waals surface area contributed by atoms with Gasteiger partial charge in [0.05, 0.1) is 27.7 Å². The Labute approximate surface area is 392 Å². The van der Waals surface area contributed by atoms with Crippen LogP contribution in [0.3, 0.4) is 0 Å². The van der Waals surface area contributed by atoms with Crippen LogP contribution in [0.4, 0.5) is 0 Å². The van der Waals surface area contributed by atoms with Crippen molar-refractivity contribution < 1.29 is 42.1 Å². The minimum absolute atomic E-state index is 0.0194. The molecule has 0 saturated heterocycles. The Bertz CT molecular complexity index is 1400. The molecule has 0 aliphatic heterocycles. The Balaban J connectivity index is 4.38. The molecule has 2 atom stereocenters. The van der Waals surface area contributed by atoms with Crippen molar-refractivity contribution in [1.29, 1.82) is 0 Å². The Hall–Kier alpha value is -3.07. The molecule has 0 aromatic carbocycles. The van der Waals surface area contributed by atoms with E-state index in [1.807, 2.05) is 21.1 Å². The number of esters is 2. The molecule has 0 fully saturated rings. The van der Waals surface area contributed by atoms with Crippen molar-refractivity contribution >= 4 is 19.8 Å². The SMILES string of the molecule is CC/C=C\C/C=C\C/C=C\C/C=C\C/C=C\C/C=C\CCCCCCC(=O)OC(COC(=O)CCCCCCCCC/C=C\C/C=C\CCCCC)COP(=O)(O)OCC[N+](C)(C)C. The van der Waals surface area contributed by atoms with Crippen molar-refractivity contribution in [2.75, 3.05) is 47.5 Å². The fourth-order valence-electron chi connectivity index (χ4n) is 6.22. The Morgan fingerprint density at radius 2 is 0.891 bits per heavy atom. The molecule has 0 heterocycles. The van der Waals surface area contributed by atoms with Crippen LogP contribution < -0.4 is 0 Å². The number of nitrogens with zero attached hydrogens (tertiary/aromatic N) is 1. The third-order valence-corrected chi connectivity index (χ3v) is 11.1. The molecule has 0 aromatic heterocycles. The molecule has 9 nitrogen and oxygen atoms in total. The second-order valence-corrected chi connectivity index (χ2v) is 18.9. The van der Waals surface area contributed by atoms with Crippen LogP contribution in [-0.2, 0) is 32.7 Å². The Kier molecular flexibility index (Phi) is 42.9. The number of phosphoric acid groups is 1. The Morgan fingerprint density at radius 1 is 0.500 bits per heavy atom. The molecule has 2 unspecified atom stereocenters. The van der Waals surface area contributed by atoms with Gasteiger partial charge in [0.2, 0.25) is 0 Å².